The number of aromatic nitrogens is 1. The average molecular weight is 237 g/mol. The highest BCUT2D eigenvalue weighted by Gasteiger charge is 2.04. The van der Waals surface area contributed by atoms with Crippen LogP contribution in [0, 0.1) is 11.3 Å². The molecule has 2 aromatic rings. The summed E-state index contributed by atoms with van der Waals surface area (Å²) in [6.45, 7) is 0.460. The molecule has 0 aliphatic carbocycles. The van der Waals surface area contributed by atoms with E-state index in [9.17, 15) is 4.79 Å². The number of benzene rings is 1. The summed E-state index contributed by atoms with van der Waals surface area (Å²) in [5.41, 5.74) is 2.08. The summed E-state index contributed by atoms with van der Waals surface area (Å²) < 4.78 is 0. The van der Waals surface area contributed by atoms with Crippen LogP contribution in [-0.2, 0) is 6.54 Å². The average Bonchev–Trinajstić information content (AvgIpc) is 2.46. The molecule has 1 aromatic heterocycles. The Bertz CT molecular complexity index is 570. The van der Waals surface area contributed by atoms with Gasteiger partial charge in [-0.3, -0.25) is 9.78 Å². The molecule has 0 saturated carbocycles. The molecule has 1 amide bonds. The van der Waals surface area contributed by atoms with Crippen LogP contribution in [0.2, 0.25) is 0 Å². The van der Waals surface area contributed by atoms with Gasteiger partial charge in [0.15, 0.2) is 0 Å². The van der Waals surface area contributed by atoms with Crippen molar-refractivity contribution >= 4 is 5.91 Å². The van der Waals surface area contributed by atoms with E-state index in [0.29, 0.717) is 17.7 Å². The smallest absolute Gasteiger partial charge is 0.251 e. The van der Waals surface area contributed by atoms with Crippen LogP contribution < -0.4 is 5.32 Å². The summed E-state index contributed by atoms with van der Waals surface area (Å²) >= 11 is 0. The number of hydrogen-bond donors (Lipinski definition) is 1. The highest BCUT2D eigenvalue weighted by Crippen LogP contribution is 2.04. The Morgan fingerprint density at radius 2 is 1.83 bits per heavy atom. The van der Waals surface area contributed by atoms with Crippen LogP contribution in [0.3, 0.4) is 0 Å². The van der Waals surface area contributed by atoms with Crippen LogP contribution in [0.25, 0.3) is 0 Å². The van der Waals surface area contributed by atoms with Crippen LogP contribution in [0.4, 0.5) is 0 Å². The third-order valence-corrected chi connectivity index (χ3v) is 2.48. The van der Waals surface area contributed by atoms with Gasteiger partial charge in [0.05, 0.1) is 11.6 Å². The number of hydrogen-bond acceptors (Lipinski definition) is 3. The van der Waals surface area contributed by atoms with E-state index in [2.05, 4.69) is 10.3 Å². The van der Waals surface area contributed by atoms with Gasteiger partial charge in [0, 0.05) is 24.5 Å². The van der Waals surface area contributed by atoms with Crippen molar-refractivity contribution in [3.63, 3.8) is 0 Å². The minimum absolute atomic E-state index is 0.156. The maximum atomic E-state index is 11.8. The second-order valence-corrected chi connectivity index (χ2v) is 3.73. The minimum Gasteiger partial charge on any atom is -0.348 e. The molecular formula is C14H11N3O. The van der Waals surface area contributed by atoms with Crippen molar-refractivity contribution in [1.82, 2.24) is 10.3 Å². The van der Waals surface area contributed by atoms with Gasteiger partial charge in [-0.05, 0) is 42.0 Å². The summed E-state index contributed by atoms with van der Waals surface area (Å²) in [7, 11) is 0. The first-order valence-corrected chi connectivity index (χ1v) is 5.47. The Kier molecular flexibility index (Phi) is 3.67. The van der Waals surface area contributed by atoms with Gasteiger partial charge < -0.3 is 5.32 Å². The van der Waals surface area contributed by atoms with Crippen LogP contribution in [0.5, 0.6) is 0 Å². The van der Waals surface area contributed by atoms with Gasteiger partial charge in [-0.25, -0.2) is 0 Å². The summed E-state index contributed by atoms with van der Waals surface area (Å²) in [5.74, 6) is -0.156. The number of amides is 1. The van der Waals surface area contributed by atoms with E-state index in [0.717, 1.165) is 5.56 Å². The molecule has 0 saturated heterocycles. The molecule has 4 nitrogen and oxygen atoms in total. The fourth-order valence-electron chi connectivity index (χ4n) is 1.48. The summed E-state index contributed by atoms with van der Waals surface area (Å²) in [5, 5.41) is 11.5. The lowest BCUT2D eigenvalue weighted by Gasteiger charge is -2.05. The van der Waals surface area contributed by atoms with Crippen molar-refractivity contribution in [2.24, 2.45) is 0 Å². The lowest BCUT2D eigenvalue weighted by Crippen LogP contribution is -2.22. The van der Waals surface area contributed by atoms with Crippen molar-refractivity contribution in [2.75, 3.05) is 0 Å². The Labute approximate surface area is 105 Å². The van der Waals surface area contributed by atoms with Gasteiger partial charge in [-0.1, -0.05) is 0 Å². The fraction of sp³-hybridized carbons (Fsp3) is 0.0714. The maximum absolute atomic E-state index is 11.8. The number of carbonyl (C=O) groups excluding carboxylic acids is 1. The van der Waals surface area contributed by atoms with Crippen molar-refractivity contribution in [2.45, 2.75) is 6.54 Å². The second kappa shape index (κ2) is 5.60. The number of nitrogens with zero attached hydrogens (tertiary/aromatic N) is 2. The molecule has 1 heterocycles. The predicted molar refractivity (Wildman–Crippen MR) is 66.6 cm³/mol. The van der Waals surface area contributed by atoms with Gasteiger partial charge >= 0.3 is 0 Å². The number of pyridine rings is 1. The molecule has 0 aliphatic heterocycles. The highest BCUT2D eigenvalue weighted by atomic mass is 16.1. The van der Waals surface area contributed by atoms with Crippen molar-refractivity contribution in [3.05, 3.63) is 65.5 Å². The topological polar surface area (TPSA) is 65.8 Å². The molecule has 88 valence electrons. The standard InChI is InChI=1S/C14H11N3O/c15-9-11-1-3-13(4-2-11)14(18)17-10-12-5-7-16-8-6-12/h1-8H,10H2,(H,17,18). The van der Waals surface area contributed by atoms with Crippen LogP contribution >= 0.6 is 0 Å². The van der Waals surface area contributed by atoms with E-state index < -0.39 is 0 Å². The Morgan fingerprint density at radius 3 is 2.44 bits per heavy atom. The minimum atomic E-state index is -0.156. The number of nitriles is 1. The van der Waals surface area contributed by atoms with Gasteiger partial charge in [0.1, 0.15) is 0 Å². The number of rotatable bonds is 3. The molecule has 18 heavy (non-hydrogen) atoms. The molecule has 0 atom stereocenters. The molecule has 0 radical (unpaired) electrons. The quantitative estimate of drug-likeness (QED) is 0.886. The van der Waals surface area contributed by atoms with Crippen molar-refractivity contribution < 1.29 is 4.79 Å². The predicted octanol–water partition coefficient (Wildman–Crippen LogP) is 1.88. The zero-order valence-electron chi connectivity index (χ0n) is 9.63. The Balaban J connectivity index is 1.98. The summed E-state index contributed by atoms with van der Waals surface area (Å²) in [6, 6.07) is 12.2. The molecule has 1 aromatic carbocycles. The first kappa shape index (κ1) is 11.8. The third kappa shape index (κ3) is 2.92. The summed E-state index contributed by atoms with van der Waals surface area (Å²) in [4.78, 5) is 15.7. The lowest BCUT2D eigenvalue weighted by atomic mass is 10.1. The third-order valence-electron chi connectivity index (χ3n) is 2.48. The molecule has 1 N–H and O–H groups in total. The lowest BCUT2D eigenvalue weighted by molar-refractivity contribution is 0.0951. The summed E-state index contributed by atoms with van der Waals surface area (Å²) in [6.07, 6.45) is 3.37. The molecule has 2 rings (SSSR count). The van der Waals surface area contributed by atoms with Crippen molar-refractivity contribution in [1.29, 1.82) is 5.26 Å². The van der Waals surface area contributed by atoms with Gasteiger partial charge in [-0.15, -0.1) is 0 Å². The van der Waals surface area contributed by atoms with E-state index in [1.54, 1.807) is 36.7 Å². The highest BCUT2D eigenvalue weighted by molar-refractivity contribution is 5.94. The molecule has 0 unspecified atom stereocenters. The molecule has 0 fully saturated rings. The van der Waals surface area contributed by atoms with Crippen LogP contribution in [0.15, 0.2) is 48.8 Å². The van der Waals surface area contributed by atoms with E-state index in [1.165, 1.54) is 0 Å². The SMILES string of the molecule is N#Cc1ccc(C(=O)NCc2ccncc2)cc1. The molecule has 0 spiro atoms. The van der Waals surface area contributed by atoms with Crippen molar-refractivity contribution in [3.8, 4) is 6.07 Å². The normalized spacial score (nSPS) is 9.50. The number of carbonyl (C=O) groups is 1. The van der Waals surface area contributed by atoms with E-state index in [1.807, 2.05) is 18.2 Å². The van der Waals surface area contributed by atoms with Gasteiger partial charge in [-0.2, -0.15) is 5.26 Å². The van der Waals surface area contributed by atoms with Gasteiger partial charge in [0.2, 0.25) is 0 Å². The van der Waals surface area contributed by atoms with Crippen LogP contribution in [-0.4, -0.2) is 10.9 Å². The molecule has 0 bridgehead atoms. The monoisotopic (exact) mass is 237 g/mol. The first-order valence-electron chi connectivity index (χ1n) is 5.47. The number of nitrogens with one attached hydrogen (secondary N) is 1. The maximum Gasteiger partial charge on any atom is 0.251 e. The Hall–Kier alpha value is -2.67. The largest absolute Gasteiger partial charge is 0.348 e. The van der Waals surface area contributed by atoms with Gasteiger partial charge in [0.25, 0.3) is 5.91 Å². The molecule has 0 aliphatic rings. The zero-order valence-corrected chi connectivity index (χ0v) is 9.63. The first-order chi connectivity index (χ1) is 8.79. The molecule has 4 heteroatoms. The zero-order chi connectivity index (χ0) is 12.8. The van der Waals surface area contributed by atoms with E-state index >= 15 is 0 Å². The van der Waals surface area contributed by atoms with Crippen LogP contribution in [0.1, 0.15) is 21.5 Å². The Morgan fingerprint density at radius 1 is 1.17 bits per heavy atom. The second-order valence-electron chi connectivity index (χ2n) is 3.73. The fourth-order valence-corrected chi connectivity index (χ4v) is 1.48. The van der Waals surface area contributed by atoms with E-state index in [4.69, 9.17) is 5.26 Å². The van der Waals surface area contributed by atoms with E-state index in [-0.39, 0.29) is 5.91 Å². The molecular weight excluding hydrogens is 226 g/mol.